The number of nitrogens with zero attached hydrogens (tertiary/aromatic N) is 8. The second-order valence-corrected chi connectivity index (χ2v) is 18.7. The Morgan fingerprint density at radius 2 is 1.14 bits per heavy atom. The highest BCUT2D eigenvalue weighted by Gasteiger charge is 2.26. The lowest BCUT2D eigenvalue weighted by Crippen LogP contribution is -2.44. The summed E-state index contributed by atoms with van der Waals surface area (Å²) in [5.41, 5.74) is 15.8. The SMILES string of the molecule is C.C1CCOC1.CN(C)c1ccc(N=C=O)cc1.COc1ccc(F)cc1C(=O)c1cnc(NC2CCN(C(=O)Nc3ccc(N(C)C)cc3)CC2)nc1N.COc1ccc(F)cc1C(=O)c1cnc(NC2CCNCC2)nc1N. The molecule has 3 aliphatic heterocycles. The Labute approximate surface area is 465 Å². The molecule has 21 nitrogen and oxygen atoms in total. The predicted molar refractivity (Wildman–Crippen MR) is 309 cm³/mol. The number of aromatic nitrogens is 4. The van der Waals surface area contributed by atoms with E-state index in [0.717, 1.165) is 68.3 Å². The number of hydrogen-bond donors (Lipinski definition) is 6. The largest absolute Gasteiger partial charge is 0.496 e. The normalized spacial score (nSPS) is 13.8. The quantitative estimate of drug-likeness (QED) is 0.0340. The number of isocyanates is 1. The van der Waals surface area contributed by atoms with Crippen molar-refractivity contribution >= 4 is 70.0 Å². The number of nitrogens with one attached hydrogen (secondary N) is 4. The number of amides is 2. The van der Waals surface area contributed by atoms with Gasteiger partial charge in [0, 0.05) is 96.0 Å². The second-order valence-electron chi connectivity index (χ2n) is 18.7. The van der Waals surface area contributed by atoms with Crippen molar-refractivity contribution in [3.63, 3.8) is 0 Å². The second kappa shape index (κ2) is 31.0. The van der Waals surface area contributed by atoms with Crippen LogP contribution >= 0.6 is 0 Å². The number of ether oxygens (including phenoxy) is 3. The molecule has 23 heteroatoms. The minimum absolute atomic E-state index is 0. The van der Waals surface area contributed by atoms with Crippen LogP contribution in [-0.4, -0.2) is 142 Å². The van der Waals surface area contributed by atoms with Crippen LogP contribution in [0.5, 0.6) is 11.5 Å². The lowest BCUT2D eigenvalue weighted by atomic mass is 10.0. The van der Waals surface area contributed by atoms with E-state index in [4.69, 9.17) is 25.7 Å². The fourth-order valence-electron chi connectivity index (χ4n) is 8.28. The summed E-state index contributed by atoms with van der Waals surface area (Å²) in [5.74, 6) is -0.933. The van der Waals surface area contributed by atoms with Gasteiger partial charge in [-0.15, -0.1) is 0 Å². The number of piperidine rings is 2. The highest BCUT2D eigenvalue weighted by atomic mass is 19.1. The number of methoxy groups -OCH3 is 2. The van der Waals surface area contributed by atoms with Gasteiger partial charge < -0.3 is 61.6 Å². The van der Waals surface area contributed by atoms with Gasteiger partial charge in [-0.2, -0.15) is 15.0 Å². The summed E-state index contributed by atoms with van der Waals surface area (Å²) in [6.07, 6.45) is 10.0. The standard InChI is InChI=1S/C26H30FN7O3.C17H20FN5O2.C9H10N2O.C4H8O.CH4/c1-33(2)19-7-5-17(6-8-19)31-26(36)34-12-10-18(11-13-34)30-25-29-15-21(24(28)32-25)23(35)20-14-16(27)4-9-22(20)37-3;1-25-14-3-2-10(18)8-12(14)15(24)13-9-21-17(23-16(13)19)22-11-4-6-20-7-5-11;1-11(2)9-5-3-8(4-6-9)10-7-12;1-2-4-5-3-1;/h4-9,14-15,18H,10-13H2,1-3H3,(H,31,36)(H3,28,29,30,32);2-3,8-9,11,20H,4-7H2,1H3,(H3,19,21,22,23);3-6H,1-2H3;1-4H2;1H4. The summed E-state index contributed by atoms with van der Waals surface area (Å²) < 4.78 is 42.4. The van der Waals surface area contributed by atoms with Crippen LogP contribution in [0.1, 0.15) is 77.8 Å². The van der Waals surface area contributed by atoms with E-state index in [9.17, 15) is 28.0 Å². The molecule has 6 aromatic rings. The molecule has 0 aliphatic carbocycles. The number of carbonyl (C=O) groups is 3. The van der Waals surface area contributed by atoms with Crippen molar-refractivity contribution in [1.82, 2.24) is 30.2 Å². The van der Waals surface area contributed by atoms with Gasteiger partial charge >= 0.3 is 6.03 Å². The molecule has 4 aromatic carbocycles. The Hall–Kier alpha value is -8.79. The Kier molecular flexibility index (Phi) is 24.0. The number of halogens is 2. The molecule has 0 saturated carbocycles. The number of likely N-dealkylation sites (tertiary alicyclic amines) is 1. The van der Waals surface area contributed by atoms with Crippen LogP contribution in [0, 0.1) is 11.6 Å². The lowest BCUT2D eigenvalue weighted by molar-refractivity contribution is 0.102. The number of urea groups is 1. The molecule has 0 atom stereocenters. The van der Waals surface area contributed by atoms with E-state index in [1.807, 2.05) is 74.4 Å². The van der Waals surface area contributed by atoms with E-state index in [1.54, 1.807) is 17.0 Å². The fraction of sp³-hybridized carbons (Fsp3) is 0.368. The highest BCUT2D eigenvalue weighted by Crippen LogP contribution is 2.27. The Morgan fingerprint density at radius 3 is 1.54 bits per heavy atom. The maximum atomic E-state index is 13.7. The van der Waals surface area contributed by atoms with Crippen LogP contribution in [0.25, 0.3) is 0 Å². The summed E-state index contributed by atoms with van der Waals surface area (Å²) in [7, 11) is 10.6. The van der Waals surface area contributed by atoms with Crippen molar-refractivity contribution in [1.29, 1.82) is 0 Å². The first-order chi connectivity index (χ1) is 38.1. The van der Waals surface area contributed by atoms with Gasteiger partial charge in [-0.25, -0.2) is 28.3 Å². The molecule has 9 rings (SSSR count). The van der Waals surface area contributed by atoms with Gasteiger partial charge in [0.15, 0.2) is 0 Å². The molecule has 3 aliphatic rings. The van der Waals surface area contributed by atoms with Crippen LogP contribution in [0.3, 0.4) is 0 Å². The van der Waals surface area contributed by atoms with E-state index in [2.05, 4.69) is 46.2 Å². The van der Waals surface area contributed by atoms with Gasteiger partial charge in [0.05, 0.1) is 42.2 Å². The van der Waals surface area contributed by atoms with Crippen LogP contribution in [-0.2, 0) is 9.53 Å². The number of carbonyl (C=O) groups excluding carboxylic acids is 4. The molecule has 3 fully saturated rings. The Morgan fingerprint density at radius 1 is 0.688 bits per heavy atom. The summed E-state index contributed by atoms with van der Waals surface area (Å²) in [5, 5.41) is 12.7. The molecule has 8 N–H and O–H groups in total. The van der Waals surface area contributed by atoms with Crippen molar-refractivity contribution in [2.75, 3.05) is 119 Å². The first kappa shape index (κ1) is 62.1. The first-order valence-electron chi connectivity index (χ1n) is 25.6. The minimum Gasteiger partial charge on any atom is -0.496 e. The van der Waals surface area contributed by atoms with Crippen molar-refractivity contribution in [2.45, 2.75) is 58.0 Å². The van der Waals surface area contributed by atoms with Gasteiger partial charge in [-0.3, -0.25) is 9.59 Å². The summed E-state index contributed by atoms with van der Waals surface area (Å²) >= 11 is 0. The Bertz CT molecular complexity index is 3010. The molecule has 0 bridgehead atoms. The molecular formula is C57H72F2N14O7. The predicted octanol–water partition coefficient (Wildman–Crippen LogP) is 8.37. The van der Waals surface area contributed by atoms with Gasteiger partial charge in [0.25, 0.3) is 0 Å². The van der Waals surface area contributed by atoms with Gasteiger partial charge in [0.1, 0.15) is 34.8 Å². The van der Waals surface area contributed by atoms with E-state index in [-0.39, 0.29) is 76.9 Å². The molecule has 0 spiro atoms. The average molecular weight is 1100 g/mol. The zero-order chi connectivity index (χ0) is 56.8. The number of anilines is 7. The summed E-state index contributed by atoms with van der Waals surface area (Å²) in [6.45, 7) is 4.99. The summed E-state index contributed by atoms with van der Waals surface area (Å²) in [6, 6.07) is 22.6. The number of benzene rings is 4. The fourth-order valence-corrected chi connectivity index (χ4v) is 8.28. The van der Waals surface area contributed by atoms with Crippen molar-refractivity contribution < 1.29 is 42.2 Å². The molecule has 5 heterocycles. The molecule has 426 valence electrons. The Balaban J connectivity index is 0.000000233. The third kappa shape index (κ3) is 18.1. The lowest BCUT2D eigenvalue weighted by Gasteiger charge is -2.32. The molecule has 3 saturated heterocycles. The maximum Gasteiger partial charge on any atom is 0.321 e. The van der Waals surface area contributed by atoms with E-state index in [1.165, 1.54) is 69.8 Å². The van der Waals surface area contributed by atoms with Crippen LogP contribution in [0.15, 0.2) is 102 Å². The monoisotopic (exact) mass is 1100 g/mol. The van der Waals surface area contributed by atoms with Gasteiger partial charge in [0.2, 0.25) is 29.5 Å². The van der Waals surface area contributed by atoms with E-state index < -0.39 is 23.2 Å². The average Bonchev–Trinajstić information content (AvgIpc) is 4.07. The first-order valence-corrected chi connectivity index (χ1v) is 25.6. The van der Waals surface area contributed by atoms with Gasteiger partial charge in [-0.05, 0) is 137 Å². The molecule has 0 radical (unpaired) electrons. The number of nitrogens with two attached hydrogens (primary N) is 2. The zero-order valence-corrected chi connectivity index (χ0v) is 45.2. The highest BCUT2D eigenvalue weighted by molar-refractivity contribution is 6.13. The van der Waals surface area contributed by atoms with Crippen LogP contribution < -0.4 is 52.0 Å². The number of hydrogen-bond acceptors (Lipinski definition) is 19. The zero-order valence-electron chi connectivity index (χ0n) is 45.2. The number of nitrogen functional groups attached to an aromatic ring is 2. The summed E-state index contributed by atoms with van der Waals surface area (Å²) in [4.78, 5) is 74.2. The van der Waals surface area contributed by atoms with E-state index >= 15 is 0 Å². The topological polar surface area (TPSA) is 270 Å². The third-order valence-corrected chi connectivity index (χ3v) is 12.7. The smallest absolute Gasteiger partial charge is 0.321 e. The van der Waals surface area contributed by atoms with Crippen LogP contribution in [0.2, 0.25) is 0 Å². The number of rotatable bonds is 14. The third-order valence-electron chi connectivity index (χ3n) is 12.7. The van der Waals surface area contributed by atoms with Crippen molar-refractivity contribution in [3.05, 3.63) is 131 Å². The van der Waals surface area contributed by atoms with E-state index in [0.29, 0.717) is 37.6 Å². The van der Waals surface area contributed by atoms with Crippen molar-refractivity contribution in [2.24, 2.45) is 4.99 Å². The van der Waals surface area contributed by atoms with Crippen molar-refractivity contribution in [3.8, 4) is 11.5 Å². The number of aliphatic imine (C=N–C) groups is 1. The maximum absolute atomic E-state index is 13.7. The van der Waals surface area contributed by atoms with Crippen LogP contribution in [0.4, 0.5) is 59.9 Å². The molecule has 2 aromatic heterocycles. The molecular weight excluding hydrogens is 1030 g/mol. The molecule has 0 unspecified atom stereocenters. The minimum atomic E-state index is -0.566. The number of ketones is 2. The molecule has 2 amide bonds. The molecule has 80 heavy (non-hydrogen) atoms. The van der Waals surface area contributed by atoms with Gasteiger partial charge in [-0.1, -0.05) is 7.43 Å².